The monoisotopic (exact) mass is 921 g/mol. The van der Waals surface area contributed by atoms with Gasteiger partial charge in [0, 0.05) is 62.9 Å². The van der Waals surface area contributed by atoms with Crippen molar-refractivity contribution < 1.29 is 52.8 Å². The summed E-state index contributed by atoms with van der Waals surface area (Å²) < 4.78 is 45.9. The third-order valence-electron chi connectivity index (χ3n) is 10.5. The first-order chi connectivity index (χ1) is 31.4. The zero-order chi connectivity index (χ0) is 46.2. The van der Waals surface area contributed by atoms with Gasteiger partial charge in [0.25, 0.3) is 5.91 Å². The maximum absolute atomic E-state index is 13.5. The van der Waals surface area contributed by atoms with E-state index < -0.39 is 35.3 Å². The lowest BCUT2D eigenvalue weighted by atomic mass is 10.1. The molecule has 0 aliphatic carbocycles. The summed E-state index contributed by atoms with van der Waals surface area (Å²) >= 11 is 0. The van der Waals surface area contributed by atoms with Gasteiger partial charge in [0.15, 0.2) is 0 Å². The van der Waals surface area contributed by atoms with Crippen LogP contribution in [0.3, 0.4) is 0 Å². The molecule has 0 fully saturated rings. The minimum absolute atomic E-state index is 0.0419. The first kappa shape index (κ1) is 49.2. The zero-order valence-electron chi connectivity index (χ0n) is 36.1. The number of aromatic nitrogens is 3. The number of para-hydroxylation sites is 2. The van der Waals surface area contributed by atoms with E-state index in [2.05, 4.69) is 36.4 Å². The summed E-state index contributed by atoms with van der Waals surface area (Å²) in [6.45, 7) is 4.07. The maximum atomic E-state index is 13.5. The van der Waals surface area contributed by atoms with Crippen molar-refractivity contribution in [3.63, 3.8) is 0 Å². The van der Waals surface area contributed by atoms with E-state index in [0.717, 1.165) is 16.6 Å². The number of amides is 1. The van der Waals surface area contributed by atoms with Crippen LogP contribution < -0.4 is 21.5 Å². The van der Waals surface area contributed by atoms with Gasteiger partial charge in [0.05, 0.1) is 61.4 Å². The van der Waals surface area contributed by atoms with E-state index in [-0.39, 0.29) is 30.3 Å². The van der Waals surface area contributed by atoms with Crippen molar-refractivity contribution >= 4 is 45.3 Å². The minimum Gasteiger partial charge on any atom is -0.481 e. The van der Waals surface area contributed by atoms with Crippen molar-refractivity contribution in [3.05, 3.63) is 113 Å². The number of carboxylic acid groups (broad SMARTS) is 1. The van der Waals surface area contributed by atoms with Crippen molar-refractivity contribution in [2.75, 3.05) is 70.5 Å². The zero-order valence-corrected chi connectivity index (χ0v) is 37.0. The van der Waals surface area contributed by atoms with Crippen LogP contribution in [0.25, 0.3) is 11.0 Å². The van der Waals surface area contributed by atoms with Crippen LogP contribution in [-0.4, -0.2) is 138 Å². The molecule has 0 radical (unpaired) electrons. The molecule has 1 amide bonds. The van der Waals surface area contributed by atoms with E-state index in [4.69, 9.17) is 14.2 Å². The molecular weight excluding hydrogens is 863 g/mol. The summed E-state index contributed by atoms with van der Waals surface area (Å²) in [6.07, 6.45) is 0.436. The lowest BCUT2D eigenvalue weighted by Gasteiger charge is -2.30. The van der Waals surface area contributed by atoms with Crippen molar-refractivity contribution in [1.29, 1.82) is 0 Å². The van der Waals surface area contributed by atoms with Gasteiger partial charge < -0.3 is 63.8 Å². The van der Waals surface area contributed by atoms with Gasteiger partial charge in [-0.15, -0.1) is 0 Å². The molecule has 5 aromatic rings. The molecule has 3 atom stereocenters. The van der Waals surface area contributed by atoms with Crippen molar-refractivity contribution in [2.24, 2.45) is 0 Å². The van der Waals surface area contributed by atoms with Crippen LogP contribution in [0.1, 0.15) is 58.4 Å². The smallest absolute Gasteiger partial charge is 0.305 e. The summed E-state index contributed by atoms with van der Waals surface area (Å²) in [5.41, 5.74) is 10.5. The number of aliphatic carboxylic acids is 1. The molecule has 2 aromatic heterocycles. The number of aliphatic hydroxyl groups is 2. The van der Waals surface area contributed by atoms with Crippen molar-refractivity contribution in [2.45, 2.75) is 62.3 Å². The molecule has 0 bridgehead atoms. The number of hydrazine groups is 1. The number of H-pyrrole nitrogens is 1. The average molecular weight is 922 g/mol. The van der Waals surface area contributed by atoms with E-state index in [1.54, 1.807) is 65.4 Å². The second-order valence-electron chi connectivity index (χ2n) is 15.4. The van der Waals surface area contributed by atoms with Gasteiger partial charge in [-0.1, -0.05) is 30.3 Å². The number of ether oxygens (including phenoxy) is 3. The fourth-order valence-electron chi connectivity index (χ4n) is 7.22. The molecule has 3 heterocycles. The summed E-state index contributed by atoms with van der Waals surface area (Å²) in [4.78, 5) is 40.7. The Bertz CT molecular complexity index is 2250. The molecule has 0 unspecified atom stereocenters. The summed E-state index contributed by atoms with van der Waals surface area (Å²) in [5, 5.41) is 37.6. The van der Waals surface area contributed by atoms with Crippen LogP contribution in [0.4, 0.5) is 11.5 Å². The first-order valence-corrected chi connectivity index (χ1v) is 22.8. The van der Waals surface area contributed by atoms with Crippen molar-refractivity contribution in [3.8, 4) is 0 Å². The predicted octanol–water partition coefficient (Wildman–Crippen LogP) is 4.43. The Balaban J connectivity index is 0.822. The second kappa shape index (κ2) is 24.3. The molecule has 0 saturated carbocycles. The van der Waals surface area contributed by atoms with E-state index in [1.165, 1.54) is 12.3 Å². The topological polar surface area (TPSA) is 279 Å². The van der Waals surface area contributed by atoms with Gasteiger partial charge in [-0.2, -0.15) is 0 Å². The van der Waals surface area contributed by atoms with Crippen LogP contribution in [0.2, 0.25) is 0 Å². The number of aliphatic hydroxyl groups excluding tert-OH is 2. The fraction of sp³-hybridized carbons (Fsp3) is 0.409. The molecular formula is C44H59N9O11S. The number of hydrogen-bond donors (Lipinski definition) is 11. The number of imidazole rings is 1. The Morgan fingerprint density at radius 3 is 2.38 bits per heavy atom. The maximum Gasteiger partial charge on any atom is 0.305 e. The molecule has 1 aliphatic heterocycles. The lowest BCUT2D eigenvalue weighted by molar-refractivity contribution is -0.138. The summed E-state index contributed by atoms with van der Waals surface area (Å²) in [5.74, 6) is -0.0993. The Hall–Kier alpha value is -5.27. The second-order valence-corrected chi connectivity index (χ2v) is 16.9. The van der Waals surface area contributed by atoms with Crippen LogP contribution in [0.5, 0.6) is 0 Å². The van der Waals surface area contributed by atoms with Gasteiger partial charge in [0.2, 0.25) is 0 Å². The number of anilines is 2. The van der Waals surface area contributed by atoms with E-state index >= 15 is 0 Å². The number of carbonyl (C=O) groups excluding carboxylic acids is 1. The number of carbonyl (C=O) groups is 2. The lowest BCUT2D eigenvalue weighted by Crippen LogP contribution is -2.46. The largest absolute Gasteiger partial charge is 0.481 e. The minimum atomic E-state index is -3.85. The molecule has 11 N–H and O–H groups in total. The highest BCUT2D eigenvalue weighted by atomic mass is 32.3. The van der Waals surface area contributed by atoms with E-state index in [0.29, 0.717) is 106 Å². The van der Waals surface area contributed by atoms with E-state index in [1.807, 2.05) is 24.3 Å². The number of fused-ring (bicyclic) bond motifs is 2. The van der Waals surface area contributed by atoms with Gasteiger partial charge in [-0.25, -0.2) is 15.4 Å². The summed E-state index contributed by atoms with van der Waals surface area (Å²) in [6, 6.07) is 22.0. The number of nitrogens with one attached hydrogen (secondary N) is 5. The number of hydrogen-bond acceptors (Lipinski definition) is 17. The molecule has 20 nitrogen and oxygen atoms in total. The Morgan fingerprint density at radius 2 is 1.66 bits per heavy atom. The Morgan fingerprint density at radius 1 is 0.938 bits per heavy atom. The van der Waals surface area contributed by atoms with Crippen LogP contribution in [0.15, 0.2) is 90.0 Å². The molecule has 0 spiro atoms. The van der Waals surface area contributed by atoms with Crippen LogP contribution >= 0.6 is 10.9 Å². The van der Waals surface area contributed by atoms with Gasteiger partial charge in [-0.3, -0.25) is 19.8 Å². The molecule has 0 saturated heterocycles. The molecule has 352 valence electrons. The van der Waals surface area contributed by atoms with E-state index in [9.17, 15) is 38.6 Å². The highest BCUT2D eigenvalue weighted by Crippen LogP contribution is 2.45. The highest BCUT2D eigenvalue weighted by molar-refractivity contribution is 8.19. The van der Waals surface area contributed by atoms with Gasteiger partial charge in [0.1, 0.15) is 35.0 Å². The summed E-state index contributed by atoms with van der Waals surface area (Å²) in [7, 11) is -2.14. The number of nitrogens with zero attached hydrogens (tertiary/aromatic N) is 4. The standard InChI is InChI=1S/C44H59N9O11S/c1-52(29-40-49-35-9-3-4-10-36(35)50-40)43(57)30-12-14-34-33(24-30)28-53(44(58)37(48-34)25-41(54)55)17-7-19-63-21-23-64-22-20-62-18-6-16-45-42(56)32-13-15-39(46-26-32)51-47-27-31-8-2-5-11-38(31)65(59,60)61/h2-5,8-15,24,26,37,42,44-45,47-48,56,58-61H,6-7,16-23,25,27-29H2,1H3,(H,46,51)(H,49,50)(H,54,55)/t37-,42-,44-/m0/s1. The molecule has 3 aromatic carbocycles. The third-order valence-corrected chi connectivity index (χ3v) is 11.5. The number of carboxylic acids is 1. The Labute approximate surface area is 378 Å². The van der Waals surface area contributed by atoms with Crippen molar-refractivity contribution in [1.82, 2.24) is 35.5 Å². The third kappa shape index (κ3) is 14.9. The number of benzene rings is 3. The number of pyridine rings is 1. The molecule has 1 aliphatic rings. The van der Waals surface area contributed by atoms with Gasteiger partial charge >= 0.3 is 5.97 Å². The van der Waals surface area contributed by atoms with Crippen LogP contribution in [-0.2, 0) is 38.6 Å². The molecule has 21 heteroatoms. The van der Waals surface area contributed by atoms with Crippen LogP contribution in [0, 0.1) is 0 Å². The predicted molar refractivity (Wildman–Crippen MR) is 244 cm³/mol. The molecule has 6 rings (SSSR count). The number of rotatable bonds is 26. The number of aromatic amines is 1. The molecule has 65 heavy (non-hydrogen) atoms. The highest BCUT2D eigenvalue weighted by Gasteiger charge is 2.32. The average Bonchev–Trinajstić information content (AvgIpc) is 3.65. The SMILES string of the molecule is CN(Cc1nc2ccccc2[nH]1)C(=O)c1ccc2c(c1)CN(CCCOCCOCCOCCCN[C@@H](O)c1ccc(NNCc3ccccc3S(O)(O)O)nc1)[C@@H](O)[C@H](CC(=O)O)N2. The normalized spacial score (nSPS) is 16.1. The Kier molecular flexibility index (Phi) is 18.4. The first-order valence-electron chi connectivity index (χ1n) is 21.3. The quantitative estimate of drug-likeness (QED) is 0.0208. The fourth-order valence-corrected chi connectivity index (χ4v) is 7.98. The van der Waals surface area contributed by atoms with Gasteiger partial charge in [-0.05, 0) is 79.0 Å².